The summed E-state index contributed by atoms with van der Waals surface area (Å²) in [5, 5.41) is 7.87. The molecular formula is C15H13F3N4O3. The molecule has 0 radical (unpaired) electrons. The van der Waals surface area contributed by atoms with Crippen LogP contribution in [0.15, 0.2) is 34.2 Å². The molecule has 0 aromatic carbocycles. The molecule has 132 valence electrons. The average molecular weight is 354 g/mol. The summed E-state index contributed by atoms with van der Waals surface area (Å²) in [7, 11) is 0. The van der Waals surface area contributed by atoms with Gasteiger partial charge < -0.3 is 9.72 Å². The molecule has 2 aromatic heterocycles. The van der Waals surface area contributed by atoms with E-state index in [9.17, 15) is 22.8 Å². The number of alkyl halides is 3. The standard InChI is InChI=1S/C15H13F3N4O3/c1-6-8(10-3-9(10)7(2)25-15(16,17)18)4-12(22-21-6)11-5-19-14(24)20-13(11)23/h4-5,9-10H,2-3H2,1H3,(H2,19,20,23,24)/t9-,10-/m1/s1. The Balaban J connectivity index is 1.88. The van der Waals surface area contributed by atoms with Crippen molar-refractivity contribution in [1.82, 2.24) is 20.2 Å². The number of nitrogens with zero attached hydrogens (tertiary/aromatic N) is 2. The third-order valence-electron chi connectivity index (χ3n) is 3.96. The first kappa shape index (κ1) is 16.9. The third-order valence-corrected chi connectivity index (χ3v) is 3.96. The number of halogens is 3. The highest BCUT2D eigenvalue weighted by Gasteiger charge is 2.46. The first-order valence-electron chi connectivity index (χ1n) is 7.27. The first-order chi connectivity index (χ1) is 11.7. The zero-order valence-corrected chi connectivity index (χ0v) is 13.0. The van der Waals surface area contributed by atoms with E-state index in [0.29, 0.717) is 17.7 Å². The number of H-pyrrole nitrogens is 2. The van der Waals surface area contributed by atoms with Crippen molar-refractivity contribution in [2.45, 2.75) is 25.6 Å². The molecule has 7 nitrogen and oxygen atoms in total. The van der Waals surface area contributed by atoms with Crippen LogP contribution in [0.3, 0.4) is 0 Å². The van der Waals surface area contributed by atoms with Gasteiger partial charge in [0.1, 0.15) is 11.5 Å². The molecular weight excluding hydrogens is 341 g/mol. The summed E-state index contributed by atoms with van der Waals surface area (Å²) in [6.45, 7) is 5.01. The zero-order chi connectivity index (χ0) is 18.4. The number of hydrogen-bond acceptors (Lipinski definition) is 5. The molecule has 0 unspecified atom stereocenters. The number of aromatic nitrogens is 4. The molecule has 1 fully saturated rings. The van der Waals surface area contributed by atoms with Crippen LogP contribution in [0.25, 0.3) is 11.3 Å². The van der Waals surface area contributed by atoms with E-state index in [1.54, 1.807) is 13.0 Å². The predicted octanol–water partition coefficient (Wildman–Crippen LogP) is 1.98. The zero-order valence-electron chi connectivity index (χ0n) is 13.0. The Labute approximate surface area is 138 Å². The minimum atomic E-state index is -4.77. The largest absolute Gasteiger partial charge is 0.572 e. The third kappa shape index (κ3) is 3.62. The second kappa shape index (κ2) is 5.87. The van der Waals surface area contributed by atoms with Crippen molar-refractivity contribution in [1.29, 1.82) is 0 Å². The van der Waals surface area contributed by atoms with Crippen molar-refractivity contribution < 1.29 is 17.9 Å². The highest BCUT2D eigenvalue weighted by molar-refractivity contribution is 5.57. The van der Waals surface area contributed by atoms with Gasteiger partial charge in [-0.1, -0.05) is 6.58 Å². The predicted molar refractivity (Wildman–Crippen MR) is 80.6 cm³/mol. The minimum Gasteiger partial charge on any atom is -0.411 e. The summed E-state index contributed by atoms with van der Waals surface area (Å²) in [5.41, 5.74) is 0.230. The van der Waals surface area contributed by atoms with E-state index in [2.05, 4.69) is 31.5 Å². The number of nitrogens with one attached hydrogen (secondary N) is 2. The Bertz CT molecular complexity index is 948. The van der Waals surface area contributed by atoms with Gasteiger partial charge >= 0.3 is 12.1 Å². The second-order valence-corrected chi connectivity index (χ2v) is 5.72. The fourth-order valence-electron chi connectivity index (χ4n) is 2.69. The topological polar surface area (TPSA) is 101 Å². The summed E-state index contributed by atoms with van der Waals surface area (Å²) in [4.78, 5) is 27.3. The summed E-state index contributed by atoms with van der Waals surface area (Å²) >= 11 is 0. The number of rotatable bonds is 4. The fraction of sp³-hybridized carbons (Fsp3) is 0.333. The van der Waals surface area contributed by atoms with Gasteiger partial charge in [0.25, 0.3) is 5.56 Å². The normalized spacial score (nSPS) is 19.5. The molecule has 3 rings (SSSR count). The molecule has 2 N–H and O–H groups in total. The van der Waals surface area contributed by atoms with Gasteiger partial charge in [-0.3, -0.25) is 9.78 Å². The number of allylic oxidation sites excluding steroid dienone is 1. The molecule has 0 saturated heterocycles. The molecule has 2 heterocycles. The van der Waals surface area contributed by atoms with Crippen LogP contribution in [0, 0.1) is 12.8 Å². The molecule has 2 atom stereocenters. The molecule has 1 aliphatic carbocycles. The maximum Gasteiger partial charge on any atom is 0.572 e. The Morgan fingerprint density at radius 3 is 2.72 bits per heavy atom. The molecule has 1 saturated carbocycles. The smallest absolute Gasteiger partial charge is 0.411 e. The second-order valence-electron chi connectivity index (χ2n) is 5.72. The summed E-state index contributed by atoms with van der Waals surface area (Å²) in [5.74, 6) is -1.07. The van der Waals surface area contributed by atoms with Crippen LogP contribution in [-0.2, 0) is 4.74 Å². The van der Waals surface area contributed by atoms with Crippen LogP contribution in [0.4, 0.5) is 13.2 Å². The first-order valence-corrected chi connectivity index (χ1v) is 7.27. The lowest BCUT2D eigenvalue weighted by atomic mass is 10.1. The Hall–Kier alpha value is -2.91. The lowest BCUT2D eigenvalue weighted by Gasteiger charge is -2.11. The van der Waals surface area contributed by atoms with Crippen LogP contribution in [0.2, 0.25) is 0 Å². The SMILES string of the molecule is C=C(OC(F)(F)F)[C@H]1C[C@@H]1c1cc(-c2c[nH]c(=O)[nH]c2=O)nnc1C. The quantitative estimate of drug-likeness (QED) is 0.818. The van der Waals surface area contributed by atoms with Gasteiger partial charge in [0.15, 0.2) is 0 Å². The van der Waals surface area contributed by atoms with E-state index < -0.39 is 23.5 Å². The van der Waals surface area contributed by atoms with Gasteiger partial charge in [-0.2, -0.15) is 5.10 Å². The average Bonchev–Trinajstić information content (AvgIpc) is 3.27. The maximum absolute atomic E-state index is 12.3. The molecule has 0 bridgehead atoms. The van der Waals surface area contributed by atoms with Crippen molar-refractivity contribution in [2.75, 3.05) is 0 Å². The molecule has 25 heavy (non-hydrogen) atoms. The van der Waals surface area contributed by atoms with Gasteiger partial charge in [0.2, 0.25) is 0 Å². The Morgan fingerprint density at radius 1 is 1.36 bits per heavy atom. The fourth-order valence-corrected chi connectivity index (χ4v) is 2.69. The highest BCUT2D eigenvalue weighted by Crippen LogP contribution is 2.53. The number of aromatic amines is 2. The van der Waals surface area contributed by atoms with Crippen molar-refractivity contribution in [3.05, 3.63) is 56.7 Å². The summed E-state index contributed by atoms with van der Waals surface area (Å²) in [6, 6.07) is 1.58. The number of ether oxygens (including phenoxy) is 1. The summed E-state index contributed by atoms with van der Waals surface area (Å²) in [6.07, 6.45) is -3.13. The number of aryl methyl sites for hydroxylation is 1. The van der Waals surface area contributed by atoms with Crippen LogP contribution in [0.1, 0.15) is 23.6 Å². The molecule has 0 aliphatic heterocycles. The summed E-state index contributed by atoms with van der Waals surface area (Å²) < 4.78 is 40.8. The van der Waals surface area contributed by atoms with E-state index in [1.165, 1.54) is 6.20 Å². The van der Waals surface area contributed by atoms with E-state index in [-0.39, 0.29) is 22.9 Å². The van der Waals surface area contributed by atoms with Crippen molar-refractivity contribution in [3.8, 4) is 11.3 Å². The van der Waals surface area contributed by atoms with Crippen LogP contribution >= 0.6 is 0 Å². The highest BCUT2D eigenvalue weighted by atomic mass is 19.4. The Kier molecular flexibility index (Phi) is 3.97. The van der Waals surface area contributed by atoms with Gasteiger partial charge in [0, 0.05) is 12.1 Å². The van der Waals surface area contributed by atoms with Crippen molar-refractivity contribution >= 4 is 0 Å². The molecule has 0 amide bonds. The van der Waals surface area contributed by atoms with E-state index in [1.807, 2.05) is 0 Å². The lowest BCUT2D eigenvalue weighted by molar-refractivity contribution is -0.307. The van der Waals surface area contributed by atoms with E-state index in [4.69, 9.17) is 0 Å². The van der Waals surface area contributed by atoms with E-state index >= 15 is 0 Å². The van der Waals surface area contributed by atoms with Crippen LogP contribution in [0.5, 0.6) is 0 Å². The van der Waals surface area contributed by atoms with Gasteiger partial charge in [-0.05, 0) is 30.9 Å². The lowest BCUT2D eigenvalue weighted by Crippen LogP contribution is -2.23. The molecule has 1 aliphatic rings. The molecule has 10 heteroatoms. The van der Waals surface area contributed by atoms with Gasteiger partial charge in [0.05, 0.1) is 11.3 Å². The van der Waals surface area contributed by atoms with E-state index in [0.717, 1.165) is 0 Å². The van der Waals surface area contributed by atoms with Gasteiger partial charge in [-0.25, -0.2) is 4.79 Å². The molecule has 0 spiro atoms. The van der Waals surface area contributed by atoms with Crippen molar-refractivity contribution in [3.63, 3.8) is 0 Å². The Morgan fingerprint density at radius 2 is 2.08 bits per heavy atom. The van der Waals surface area contributed by atoms with Crippen LogP contribution < -0.4 is 11.2 Å². The number of hydrogen-bond donors (Lipinski definition) is 2. The van der Waals surface area contributed by atoms with Crippen LogP contribution in [-0.4, -0.2) is 26.5 Å². The monoisotopic (exact) mass is 354 g/mol. The minimum absolute atomic E-state index is 0.107. The van der Waals surface area contributed by atoms with Crippen molar-refractivity contribution in [2.24, 2.45) is 5.92 Å². The maximum atomic E-state index is 12.3. The molecule has 2 aromatic rings. The van der Waals surface area contributed by atoms with Gasteiger partial charge in [-0.15, -0.1) is 18.3 Å².